The predicted octanol–water partition coefficient (Wildman–Crippen LogP) is 4.69. The standard InChI is InChI=1S/C27H23O2P/c1-4-12-22(13-5-1)27(28-20-21-29-27)25-18-10-11-19-26(25)30(23-14-6-2-7-15-23)24-16-8-3-9-17-24/h1-19H,20-21H2. The first-order valence-corrected chi connectivity index (χ1v) is 11.6. The highest BCUT2D eigenvalue weighted by Gasteiger charge is 2.43. The molecule has 1 aliphatic heterocycles. The topological polar surface area (TPSA) is 18.5 Å². The summed E-state index contributed by atoms with van der Waals surface area (Å²) in [6, 6.07) is 40.4. The molecule has 0 amide bonds. The molecule has 0 radical (unpaired) electrons. The summed E-state index contributed by atoms with van der Waals surface area (Å²) in [4.78, 5) is 0. The number of rotatable bonds is 5. The largest absolute Gasteiger partial charge is 0.340 e. The van der Waals surface area contributed by atoms with Crippen LogP contribution < -0.4 is 15.9 Å². The maximum Gasteiger partial charge on any atom is 0.223 e. The van der Waals surface area contributed by atoms with Crippen LogP contribution in [0.3, 0.4) is 0 Å². The molecule has 0 spiro atoms. The summed E-state index contributed by atoms with van der Waals surface area (Å²) in [5, 5.41) is 3.88. The Balaban J connectivity index is 1.74. The Morgan fingerprint density at radius 3 is 1.57 bits per heavy atom. The molecular formula is C27H23O2P. The zero-order chi connectivity index (χ0) is 20.2. The lowest BCUT2D eigenvalue weighted by molar-refractivity contribution is -0.129. The van der Waals surface area contributed by atoms with Gasteiger partial charge in [0.05, 0.1) is 13.2 Å². The van der Waals surface area contributed by atoms with Gasteiger partial charge in [0.25, 0.3) is 0 Å². The molecule has 30 heavy (non-hydrogen) atoms. The average molecular weight is 410 g/mol. The van der Waals surface area contributed by atoms with E-state index < -0.39 is 13.7 Å². The first kappa shape index (κ1) is 19.2. The van der Waals surface area contributed by atoms with Crippen molar-refractivity contribution in [1.82, 2.24) is 0 Å². The monoisotopic (exact) mass is 410 g/mol. The molecule has 0 bridgehead atoms. The van der Waals surface area contributed by atoms with Crippen molar-refractivity contribution in [2.75, 3.05) is 13.2 Å². The maximum atomic E-state index is 6.36. The molecule has 2 nitrogen and oxygen atoms in total. The summed E-state index contributed by atoms with van der Waals surface area (Å²) in [7, 11) is -0.765. The lowest BCUT2D eigenvalue weighted by atomic mass is 9.97. The van der Waals surface area contributed by atoms with Crippen molar-refractivity contribution in [3.8, 4) is 0 Å². The molecule has 3 heteroatoms. The summed E-state index contributed by atoms with van der Waals surface area (Å²) >= 11 is 0. The summed E-state index contributed by atoms with van der Waals surface area (Å²) in [5.74, 6) is -0.873. The lowest BCUT2D eigenvalue weighted by Gasteiger charge is -2.32. The Kier molecular flexibility index (Phi) is 5.46. The van der Waals surface area contributed by atoms with Crippen LogP contribution in [0.25, 0.3) is 0 Å². The quantitative estimate of drug-likeness (QED) is 0.445. The summed E-state index contributed by atoms with van der Waals surface area (Å²) in [6.45, 7) is 1.16. The second kappa shape index (κ2) is 8.53. The molecule has 0 N–H and O–H groups in total. The smallest absolute Gasteiger partial charge is 0.223 e. The van der Waals surface area contributed by atoms with Crippen molar-refractivity contribution in [3.63, 3.8) is 0 Å². The van der Waals surface area contributed by atoms with Gasteiger partial charge in [-0.1, -0.05) is 115 Å². The van der Waals surface area contributed by atoms with Crippen molar-refractivity contribution in [2.45, 2.75) is 5.79 Å². The molecule has 5 rings (SSSR count). The van der Waals surface area contributed by atoms with Gasteiger partial charge in [0.15, 0.2) is 0 Å². The number of benzene rings is 4. The minimum Gasteiger partial charge on any atom is -0.340 e. The summed E-state index contributed by atoms with van der Waals surface area (Å²) < 4.78 is 12.7. The Bertz CT molecular complexity index is 1050. The fourth-order valence-electron chi connectivity index (χ4n) is 4.08. The van der Waals surface area contributed by atoms with Crippen LogP contribution in [0.1, 0.15) is 11.1 Å². The van der Waals surface area contributed by atoms with Gasteiger partial charge in [0.2, 0.25) is 5.79 Å². The van der Waals surface area contributed by atoms with Gasteiger partial charge >= 0.3 is 0 Å². The molecule has 1 aliphatic rings. The van der Waals surface area contributed by atoms with Crippen molar-refractivity contribution in [3.05, 3.63) is 126 Å². The number of hydrogen-bond acceptors (Lipinski definition) is 2. The zero-order valence-electron chi connectivity index (χ0n) is 16.6. The van der Waals surface area contributed by atoms with Crippen molar-refractivity contribution >= 4 is 23.8 Å². The first-order valence-electron chi connectivity index (χ1n) is 10.2. The third kappa shape index (κ3) is 3.48. The lowest BCUT2D eigenvalue weighted by Crippen LogP contribution is -2.36. The molecule has 4 aromatic carbocycles. The SMILES string of the molecule is c1ccc(P(c2ccccc2)c2ccccc2C2(c3ccccc3)OCCO2)cc1. The van der Waals surface area contributed by atoms with E-state index in [2.05, 4.69) is 97.1 Å². The molecule has 1 fully saturated rings. The van der Waals surface area contributed by atoms with Crippen LogP contribution in [-0.4, -0.2) is 13.2 Å². The van der Waals surface area contributed by atoms with Crippen LogP contribution in [0.4, 0.5) is 0 Å². The Morgan fingerprint density at radius 1 is 0.533 bits per heavy atom. The molecular weight excluding hydrogens is 387 g/mol. The second-order valence-corrected chi connectivity index (χ2v) is 9.39. The minimum absolute atomic E-state index is 0.581. The van der Waals surface area contributed by atoms with Gasteiger partial charge in [0, 0.05) is 11.1 Å². The number of hydrogen-bond donors (Lipinski definition) is 0. The molecule has 0 saturated carbocycles. The van der Waals surface area contributed by atoms with E-state index in [-0.39, 0.29) is 0 Å². The van der Waals surface area contributed by atoms with Gasteiger partial charge in [0.1, 0.15) is 0 Å². The van der Waals surface area contributed by atoms with Gasteiger partial charge in [-0.2, -0.15) is 0 Å². The van der Waals surface area contributed by atoms with Gasteiger partial charge in [-0.3, -0.25) is 0 Å². The third-order valence-electron chi connectivity index (χ3n) is 5.38. The summed E-state index contributed by atoms with van der Waals surface area (Å²) in [5.41, 5.74) is 2.12. The highest BCUT2D eigenvalue weighted by atomic mass is 31.1. The molecule has 1 heterocycles. The van der Waals surface area contributed by atoms with E-state index in [0.29, 0.717) is 13.2 Å². The van der Waals surface area contributed by atoms with Crippen LogP contribution in [0.15, 0.2) is 115 Å². The molecule has 0 aliphatic carbocycles. The van der Waals surface area contributed by atoms with Crippen LogP contribution in [0, 0.1) is 0 Å². The highest BCUT2D eigenvalue weighted by molar-refractivity contribution is 7.79. The van der Waals surface area contributed by atoms with Crippen LogP contribution in [0.2, 0.25) is 0 Å². The fraction of sp³-hybridized carbons (Fsp3) is 0.111. The van der Waals surface area contributed by atoms with E-state index in [4.69, 9.17) is 9.47 Å². The van der Waals surface area contributed by atoms with E-state index in [1.54, 1.807) is 0 Å². The van der Waals surface area contributed by atoms with E-state index in [0.717, 1.165) is 11.1 Å². The average Bonchev–Trinajstić information content (AvgIpc) is 3.33. The summed E-state index contributed by atoms with van der Waals surface area (Å²) in [6.07, 6.45) is 0. The molecule has 0 aromatic heterocycles. The molecule has 1 saturated heterocycles. The Morgan fingerprint density at radius 2 is 1.00 bits per heavy atom. The molecule has 148 valence electrons. The van der Waals surface area contributed by atoms with E-state index in [1.165, 1.54) is 15.9 Å². The van der Waals surface area contributed by atoms with Crippen molar-refractivity contribution in [2.24, 2.45) is 0 Å². The Hall–Kier alpha value is -2.77. The van der Waals surface area contributed by atoms with E-state index >= 15 is 0 Å². The normalized spacial score (nSPS) is 15.4. The van der Waals surface area contributed by atoms with Gasteiger partial charge < -0.3 is 9.47 Å². The first-order chi connectivity index (χ1) is 14.9. The van der Waals surface area contributed by atoms with Crippen molar-refractivity contribution < 1.29 is 9.47 Å². The van der Waals surface area contributed by atoms with Gasteiger partial charge in [-0.25, -0.2) is 0 Å². The molecule has 4 aromatic rings. The molecule has 0 atom stereocenters. The third-order valence-corrected chi connectivity index (χ3v) is 7.88. The van der Waals surface area contributed by atoms with E-state index in [9.17, 15) is 0 Å². The van der Waals surface area contributed by atoms with E-state index in [1.807, 2.05) is 18.2 Å². The van der Waals surface area contributed by atoms with Gasteiger partial charge in [-0.15, -0.1) is 0 Å². The van der Waals surface area contributed by atoms with Crippen LogP contribution in [-0.2, 0) is 15.3 Å². The predicted molar refractivity (Wildman–Crippen MR) is 124 cm³/mol. The second-order valence-electron chi connectivity index (χ2n) is 7.20. The fourth-order valence-corrected chi connectivity index (χ4v) is 6.57. The maximum absolute atomic E-state index is 6.36. The van der Waals surface area contributed by atoms with Gasteiger partial charge in [-0.05, 0) is 23.8 Å². The molecule has 0 unspecified atom stereocenters. The Labute approximate surface area is 178 Å². The highest BCUT2D eigenvalue weighted by Crippen LogP contribution is 2.43. The minimum atomic E-state index is -0.873. The van der Waals surface area contributed by atoms with Crippen molar-refractivity contribution in [1.29, 1.82) is 0 Å². The zero-order valence-corrected chi connectivity index (χ0v) is 17.5. The van der Waals surface area contributed by atoms with Crippen LogP contribution >= 0.6 is 7.92 Å². The number of ether oxygens (including phenoxy) is 2. The van der Waals surface area contributed by atoms with Crippen LogP contribution in [0.5, 0.6) is 0 Å².